The summed E-state index contributed by atoms with van der Waals surface area (Å²) in [6.45, 7) is 2.24. The van der Waals surface area contributed by atoms with Crippen molar-refractivity contribution in [1.29, 1.82) is 0 Å². The van der Waals surface area contributed by atoms with Crippen molar-refractivity contribution < 1.29 is 14.3 Å². The van der Waals surface area contributed by atoms with E-state index >= 15 is 0 Å². The number of methoxy groups -OCH3 is 1. The lowest BCUT2D eigenvalue weighted by atomic mass is 9.66. The Hall–Kier alpha value is -0.910. The Morgan fingerprint density at radius 2 is 1.87 bits per heavy atom. The predicted molar refractivity (Wildman–Crippen MR) is 92.2 cm³/mol. The molecule has 0 radical (unpaired) electrons. The molecule has 0 unspecified atom stereocenters. The van der Waals surface area contributed by atoms with Gasteiger partial charge in [-0.15, -0.1) is 0 Å². The van der Waals surface area contributed by atoms with Crippen LogP contribution >= 0.6 is 15.9 Å². The maximum absolute atomic E-state index is 11.6. The van der Waals surface area contributed by atoms with E-state index in [2.05, 4.69) is 33.4 Å². The molecule has 4 nitrogen and oxygen atoms in total. The molecule has 2 fully saturated rings. The Morgan fingerprint density at radius 3 is 2.43 bits per heavy atom. The van der Waals surface area contributed by atoms with Crippen LogP contribution in [0.2, 0.25) is 0 Å². The van der Waals surface area contributed by atoms with Gasteiger partial charge in [-0.05, 0) is 61.8 Å². The Morgan fingerprint density at radius 1 is 1.17 bits per heavy atom. The van der Waals surface area contributed by atoms with E-state index in [1.165, 1.54) is 13.5 Å². The fourth-order valence-corrected chi connectivity index (χ4v) is 4.20. The van der Waals surface area contributed by atoms with Gasteiger partial charge in [0, 0.05) is 11.0 Å². The van der Waals surface area contributed by atoms with E-state index in [1.807, 2.05) is 12.1 Å². The number of benzene rings is 1. The zero-order valence-corrected chi connectivity index (χ0v) is 15.2. The summed E-state index contributed by atoms with van der Waals surface area (Å²) in [7, 11) is 1.40. The van der Waals surface area contributed by atoms with E-state index in [9.17, 15) is 4.79 Å². The van der Waals surface area contributed by atoms with E-state index in [0.29, 0.717) is 5.41 Å². The van der Waals surface area contributed by atoms with Crippen molar-refractivity contribution in [3.8, 4) is 0 Å². The van der Waals surface area contributed by atoms with Gasteiger partial charge < -0.3 is 14.8 Å². The van der Waals surface area contributed by atoms with Crippen molar-refractivity contribution in [2.24, 2.45) is 5.41 Å². The minimum Gasteiger partial charge on any atom is -0.467 e. The molecule has 1 N–H and O–H groups in total. The van der Waals surface area contributed by atoms with E-state index in [0.717, 1.165) is 48.8 Å². The molecule has 5 heteroatoms. The van der Waals surface area contributed by atoms with Crippen molar-refractivity contribution in [2.75, 3.05) is 26.8 Å². The molecule has 1 heterocycles. The molecule has 1 saturated carbocycles. The molecule has 1 aromatic rings. The van der Waals surface area contributed by atoms with Gasteiger partial charge in [0.1, 0.15) is 6.61 Å². The van der Waals surface area contributed by atoms with Gasteiger partial charge in [-0.2, -0.15) is 0 Å². The molecule has 1 aliphatic heterocycles. The van der Waals surface area contributed by atoms with Gasteiger partial charge in [0.15, 0.2) is 0 Å². The molecule has 0 bridgehead atoms. The summed E-state index contributed by atoms with van der Waals surface area (Å²) in [6, 6.07) is 8.29. The van der Waals surface area contributed by atoms with Gasteiger partial charge in [0.05, 0.1) is 12.7 Å². The first-order valence-corrected chi connectivity index (χ1v) is 9.04. The van der Waals surface area contributed by atoms with Crippen LogP contribution in [0.15, 0.2) is 28.7 Å². The number of esters is 1. The van der Waals surface area contributed by atoms with Gasteiger partial charge in [-0.3, -0.25) is 0 Å². The Balaban J connectivity index is 1.79. The van der Waals surface area contributed by atoms with Crippen LogP contribution in [0.3, 0.4) is 0 Å². The number of ether oxygens (including phenoxy) is 2. The summed E-state index contributed by atoms with van der Waals surface area (Å²) >= 11 is 3.49. The van der Waals surface area contributed by atoms with Gasteiger partial charge >= 0.3 is 5.97 Å². The first kappa shape index (κ1) is 16.9. The van der Waals surface area contributed by atoms with E-state index < -0.39 is 0 Å². The molecule has 1 spiro atoms. The third-order valence-corrected chi connectivity index (χ3v) is 6.04. The topological polar surface area (TPSA) is 47.6 Å². The van der Waals surface area contributed by atoms with E-state index in [-0.39, 0.29) is 18.2 Å². The van der Waals surface area contributed by atoms with Crippen LogP contribution in [0.4, 0.5) is 0 Å². The Labute approximate surface area is 146 Å². The lowest BCUT2D eigenvalue weighted by molar-refractivity contribution is -0.159. The smallest absolute Gasteiger partial charge is 0.331 e. The van der Waals surface area contributed by atoms with Crippen LogP contribution in [0.5, 0.6) is 0 Å². The number of hydrogen-bond donors (Lipinski definition) is 1. The van der Waals surface area contributed by atoms with Gasteiger partial charge in [-0.25, -0.2) is 4.79 Å². The highest BCUT2D eigenvalue weighted by molar-refractivity contribution is 9.10. The maximum atomic E-state index is 11.6. The average molecular weight is 382 g/mol. The second-order valence-electron chi connectivity index (χ2n) is 6.79. The standard InChI is InChI=1S/C18H24BrNO3/c1-22-16(21)12-23-18(14-2-4-15(19)5-3-14)8-6-17(7-9-18)10-11-20-13-17/h2-5,20H,6-13H2,1H3. The number of hydrogen-bond acceptors (Lipinski definition) is 4. The number of carbonyl (C=O) groups excluding carboxylic acids is 1. The maximum Gasteiger partial charge on any atom is 0.331 e. The summed E-state index contributed by atoms with van der Waals surface area (Å²) in [5.41, 5.74) is 1.21. The summed E-state index contributed by atoms with van der Waals surface area (Å²) in [4.78, 5) is 11.6. The van der Waals surface area contributed by atoms with Crippen molar-refractivity contribution in [2.45, 2.75) is 37.7 Å². The molecule has 1 saturated heterocycles. The van der Waals surface area contributed by atoms with Gasteiger partial charge in [0.25, 0.3) is 0 Å². The molecule has 1 aliphatic carbocycles. The monoisotopic (exact) mass is 381 g/mol. The minimum atomic E-state index is -0.372. The predicted octanol–water partition coefficient (Wildman–Crippen LogP) is 3.39. The molecule has 1 aromatic carbocycles. The third kappa shape index (κ3) is 3.62. The number of rotatable bonds is 4. The molecule has 2 aliphatic rings. The SMILES string of the molecule is COC(=O)COC1(c2ccc(Br)cc2)CCC2(CCNC2)CC1. The number of halogens is 1. The van der Waals surface area contributed by atoms with Gasteiger partial charge in [0.2, 0.25) is 0 Å². The fourth-order valence-electron chi connectivity index (χ4n) is 3.93. The largest absolute Gasteiger partial charge is 0.467 e. The van der Waals surface area contributed by atoms with Crippen LogP contribution in [0, 0.1) is 5.41 Å². The second kappa shape index (κ2) is 6.91. The highest BCUT2D eigenvalue weighted by Crippen LogP contribution is 2.50. The fraction of sp³-hybridized carbons (Fsp3) is 0.611. The van der Waals surface area contributed by atoms with Crippen LogP contribution in [0.1, 0.15) is 37.7 Å². The van der Waals surface area contributed by atoms with Crippen LogP contribution < -0.4 is 5.32 Å². The third-order valence-electron chi connectivity index (χ3n) is 5.51. The molecule has 0 aromatic heterocycles. The lowest BCUT2D eigenvalue weighted by Gasteiger charge is -2.44. The number of carbonyl (C=O) groups is 1. The zero-order valence-electron chi connectivity index (χ0n) is 13.6. The minimum absolute atomic E-state index is 0.0117. The normalized spacial score (nSPS) is 30.5. The Bertz CT molecular complexity index is 542. The second-order valence-corrected chi connectivity index (χ2v) is 7.71. The first-order valence-electron chi connectivity index (χ1n) is 8.25. The highest BCUT2D eigenvalue weighted by atomic mass is 79.9. The molecular formula is C18H24BrNO3. The number of nitrogens with one attached hydrogen (secondary N) is 1. The molecular weight excluding hydrogens is 358 g/mol. The zero-order chi connectivity index (χ0) is 16.3. The summed E-state index contributed by atoms with van der Waals surface area (Å²) in [6.07, 6.45) is 5.43. The van der Waals surface area contributed by atoms with Crippen LogP contribution in [-0.2, 0) is 19.9 Å². The van der Waals surface area contributed by atoms with Crippen molar-refractivity contribution in [3.63, 3.8) is 0 Å². The van der Waals surface area contributed by atoms with Crippen LogP contribution in [-0.4, -0.2) is 32.8 Å². The molecule has 0 amide bonds. The van der Waals surface area contributed by atoms with E-state index in [1.54, 1.807) is 0 Å². The molecule has 0 atom stereocenters. The summed E-state index contributed by atoms with van der Waals surface area (Å²) in [5.74, 6) is -0.315. The van der Waals surface area contributed by atoms with Crippen molar-refractivity contribution >= 4 is 21.9 Å². The lowest BCUT2D eigenvalue weighted by Crippen LogP contribution is -2.41. The van der Waals surface area contributed by atoms with E-state index in [4.69, 9.17) is 9.47 Å². The summed E-state index contributed by atoms with van der Waals surface area (Å²) < 4.78 is 11.9. The average Bonchev–Trinajstić information content (AvgIpc) is 3.04. The van der Waals surface area contributed by atoms with Crippen LogP contribution in [0.25, 0.3) is 0 Å². The summed E-state index contributed by atoms with van der Waals surface area (Å²) in [5, 5.41) is 3.50. The first-order chi connectivity index (χ1) is 11.1. The van der Waals surface area contributed by atoms with Crippen molar-refractivity contribution in [3.05, 3.63) is 34.3 Å². The Kier molecular flexibility index (Phi) is 5.09. The molecule has 23 heavy (non-hydrogen) atoms. The molecule has 3 rings (SSSR count). The molecule has 126 valence electrons. The van der Waals surface area contributed by atoms with Gasteiger partial charge in [-0.1, -0.05) is 28.1 Å². The highest BCUT2D eigenvalue weighted by Gasteiger charge is 2.45. The van der Waals surface area contributed by atoms with Crippen molar-refractivity contribution in [1.82, 2.24) is 5.32 Å². The quantitative estimate of drug-likeness (QED) is 0.812.